The van der Waals surface area contributed by atoms with Crippen LogP contribution in [0.25, 0.3) is 16.8 Å². The Balaban J connectivity index is 1.73. The van der Waals surface area contributed by atoms with Crippen molar-refractivity contribution in [1.82, 2.24) is 4.98 Å². The maximum Gasteiger partial charge on any atom is 0.338 e. The Hall–Kier alpha value is -4.03. The topological polar surface area (TPSA) is 118 Å². The third-order valence-corrected chi connectivity index (χ3v) is 5.02. The van der Waals surface area contributed by atoms with E-state index in [0.29, 0.717) is 39.7 Å². The van der Waals surface area contributed by atoms with Gasteiger partial charge in [-0.05, 0) is 30.7 Å². The molecule has 0 saturated heterocycles. The summed E-state index contributed by atoms with van der Waals surface area (Å²) < 4.78 is 5.09. The van der Waals surface area contributed by atoms with Gasteiger partial charge in [0.25, 0.3) is 5.69 Å². The summed E-state index contributed by atoms with van der Waals surface area (Å²) in [5, 5.41) is 25.7. The number of nitriles is 1. The highest BCUT2D eigenvalue weighted by atomic mass is 32.1. The van der Waals surface area contributed by atoms with Crippen molar-refractivity contribution in [2.45, 2.75) is 13.3 Å². The van der Waals surface area contributed by atoms with Crippen LogP contribution >= 0.6 is 11.3 Å². The zero-order valence-electron chi connectivity index (χ0n) is 16.6. The molecule has 0 unspecified atom stereocenters. The molecule has 0 aliphatic rings. The Bertz CT molecular complexity index is 1160. The molecule has 0 aliphatic heterocycles. The molecule has 0 aliphatic carbocycles. The van der Waals surface area contributed by atoms with Crippen LogP contribution in [0.15, 0.2) is 60.1 Å². The van der Waals surface area contributed by atoms with E-state index in [0.717, 1.165) is 6.42 Å². The lowest BCUT2D eigenvalue weighted by molar-refractivity contribution is -0.384. The molecule has 0 saturated carbocycles. The Morgan fingerprint density at radius 1 is 1.32 bits per heavy atom. The third-order valence-electron chi connectivity index (χ3n) is 4.15. The first-order chi connectivity index (χ1) is 15.0. The van der Waals surface area contributed by atoms with Crippen molar-refractivity contribution in [2.24, 2.45) is 0 Å². The maximum absolute atomic E-state index is 11.8. The fraction of sp³-hybridized carbons (Fsp3) is 0.136. The number of nitrogens with zero attached hydrogens (tertiary/aromatic N) is 3. The second-order valence-corrected chi connectivity index (χ2v) is 7.23. The lowest BCUT2D eigenvalue weighted by atomic mass is 10.1. The fourth-order valence-corrected chi connectivity index (χ4v) is 3.38. The summed E-state index contributed by atoms with van der Waals surface area (Å²) in [7, 11) is 0. The summed E-state index contributed by atoms with van der Waals surface area (Å²) in [6, 6.07) is 15.0. The first-order valence-electron chi connectivity index (χ1n) is 9.36. The summed E-state index contributed by atoms with van der Waals surface area (Å²) in [5.74, 6) is -0.377. The van der Waals surface area contributed by atoms with Crippen molar-refractivity contribution < 1.29 is 14.5 Å². The van der Waals surface area contributed by atoms with Crippen LogP contribution < -0.4 is 5.32 Å². The molecule has 0 fully saturated rings. The van der Waals surface area contributed by atoms with Crippen LogP contribution in [-0.4, -0.2) is 22.5 Å². The van der Waals surface area contributed by atoms with Gasteiger partial charge in [-0.2, -0.15) is 5.26 Å². The molecule has 1 heterocycles. The van der Waals surface area contributed by atoms with Crippen molar-refractivity contribution >= 4 is 34.3 Å². The second kappa shape index (κ2) is 10.1. The van der Waals surface area contributed by atoms with Gasteiger partial charge in [0.2, 0.25) is 0 Å². The lowest BCUT2D eigenvalue weighted by Gasteiger charge is -2.05. The average molecular weight is 434 g/mol. The van der Waals surface area contributed by atoms with E-state index in [1.54, 1.807) is 41.8 Å². The van der Waals surface area contributed by atoms with Crippen LogP contribution in [0.3, 0.4) is 0 Å². The summed E-state index contributed by atoms with van der Waals surface area (Å²) in [6.45, 7) is 2.30. The van der Waals surface area contributed by atoms with Crippen LogP contribution in [-0.2, 0) is 4.74 Å². The number of non-ortho nitro benzene ring substituents is 1. The summed E-state index contributed by atoms with van der Waals surface area (Å²) in [4.78, 5) is 26.8. The standard InChI is InChI=1S/C22H18N4O4S/c1-2-10-30-22(27)15-6-8-18(9-7-15)24-13-17(12-23)21-25-20(14-31-21)16-4-3-5-19(11-16)26(28)29/h3-9,11,13-14,24H,2,10H2,1H3/b17-13+. The molecule has 8 nitrogen and oxygen atoms in total. The molecule has 0 spiro atoms. The number of anilines is 1. The van der Waals surface area contributed by atoms with Crippen molar-refractivity contribution in [2.75, 3.05) is 11.9 Å². The number of nitrogens with one attached hydrogen (secondary N) is 1. The van der Waals surface area contributed by atoms with Gasteiger partial charge in [0.15, 0.2) is 0 Å². The quantitative estimate of drug-likeness (QED) is 0.222. The number of carbonyl (C=O) groups is 1. The van der Waals surface area contributed by atoms with Gasteiger partial charge in [-0.3, -0.25) is 10.1 Å². The van der Waals surface area contributed by atoms with E-state index in [4.69, 9.17) is 4.74 Å². The molecule has 3 rings (SSSR count). The highest BCUT2D eigenvalue weighted by Gasteiger charge is 2.12. The fourth-order valence-electron chi connectivity index (χ4n) is 2.59. The minimum atomic E-state index is -0.462. The van der Waals surface area contributed by atoms with Gasteiger partial charge in [0, 0.05) is 35.0 Å². The Labute approximate surface area is 182 Å². The van der Waals surface area contributed by atoms with Crippen LogP contribution in [0.1, 0.15) is 28.7 Å². The van der Waals surface area contributed by atoms with Gasteiger partial charge in [0.05, 0.1) is 22.8 Å². The number of thiazole rings is 1. The normalized spacial score (nSPS) is 10.9. The summed E-state index contributed by atoms with van der Waals surface area (Å²) >= 11 is 1.27. The predicted molar refractivity (Wildman–Crippen MR) is 118 cm³/mol. The average Bonchev–Trinajstić information content (AvgIpc) is 3.28. The molecule has 1 aromatic heterocycles. The van der Waals surface area contributed by atoms with Crippen molar-refractivity contribution in [3.05, 3.63) is 80.8 Å². The van der Waals surface area contributed by atoms with E-state index in [-0.39, 0.29) is 11.7 Å². The molecular weight excluding hydrogens is 416 g/mol. The van der Waals surface area contributed by atoms with E-state index in [1.165, 1.54) is 29.7 Å². The largest absolute Gasteiger partial charge is 0.462 e. The van der Waals surface area contributed by atoms with Gasteiger partial charge in [-0.25, -0.2) is 9.78 Å². The molecular formula is C22H18N4O4S. The number of aromatic nitrogens is 1. The van der Waals surface area contributed by atoms with Crippen molar-refractivity contribution in [3.8, 4) is 17.3 Å². The van der Waals surface area contributed by atoms with Crippen molar-refractivity contribution in [1.29, 1.82) is 5.26 Å². The number of nitro groups is 1. The van der Waals surface area contributed by atoms with Crippen molar-refractivity contribution in [3.63, 3.8) is 0 Å². The number of nitro benzene ring substituents is 1. The maximum atomic E-state index is 11.8. The van der Waals surface area contributed by atoms with E-state index in [1.807, 2.05) is 6.92 Å². The molecule has 0 bridgehead atoms. The van der Waals surface area contributed by atoms with E-state index in [2.05, 4.69) is 16.4 Å². The first-order valence-corrected chi connectivity index (χ1v) is 10.2. The lowest BCUT2D eigenvalue weighted by Crippen LogP contribution is -2.05. The predicted octanol–water partition coefficient (Wildman–Crippen LogP) is 5.26. The number of ether oxygens (including phenoxy) is 1. The zero-order valence-corrected chi connectivity index (χ0v) is 17.4. The molecule has 2 aromatic carbocycles. The SMILES string of the molecule is CCCOC(=O)c1ccc(N/C=C(\C#N)c2nc(-c3cccc([N+](=O)[O-])c3)cs2)cc1. The number of benzene rings is 2. The zero-order chi connectivity index (χ0) is 22.2. The molecule has 0 amide bonds. The second-order valence-electron chi connectivity index (χ2n) is 6.37. The van der Waals surface area contributed by atoms with Gasteiger partial charge >= 0.3 is 5.97 Å². The minimum Gasteiger partial charge on any atom is -0.462 e. The smallest absolute Gasteiger partial charge is 0.338 e. The molecule has 156 valence electrons. The molecule has 31 heavy (non-hydrogen) atoms. The minimum absolute atomic E-state index is 0.0215. The van der Waals surface area contributed by atoms with Gasteiger partial charge in [-0.1, -0.05) is 19.1 Å². The Morgan fingerprint density at radius 3 is 2.77 bits per heavy atom. The summed E-state index contributed by atoms with van der Waals surface area (Å²) in [6.07, 6.45) is 2.28. The Morgan fingerprint density at radius 2 is 2.10 bits per heavy atom. The van der Waals surface area contributed by atoms with E-state index >= 15 is 0 Å². The summed E-state index contributed by atoms with van der Waals surface area (Å²) in [5.41, 5.74) is 2.59. The Kier molecular flexibility index (Phi) is 7.09. The number of rotatable bonds is 8. The van der Waals surface area contributed by atoms with Crippen LogP contribution in [0.5, 0.6) is 0 Å². The molecule has 9 heteroatoms. The number of carbonyl (C=O) groups excluding carboxylic acids is 1. The number of hydrogen-bond donors (Lipinski definition) is 1. The van der Waals surface area contributed by atoms with Gasteiger partial charge < -0.3 is 10.1 Å². The van der Waals surface area contributed by atoms with E-state index in [9.17, 15) is 20.2 Å². The van der Waals surface area contributed by atoms with E-state index < -0.39 is 4.92 Å². The molecule has 1 N–H and O–H groups in total. The van der Waals surface area contributed by atoms with Gasteiger partial charge in [0.1, 0.15) is 16.6 Å². The number of esters is 1. The third kappa shape index (κ3) is 5.52. The molecule has 3 aromatic rings. The van der Waals surface area contributed by atoms with Crippen LogP contribution in [0.2, 0.25) is 0 Å². The van der Waals surface area contributed by atoms with Crippen LogP contribution in [0, 0.1) is 21.4 Å². The van der Waals surface area contributed by atoms with Gasteiger partial charge in [-0.15, -0.1) is 11.3 Å². The first kappa shape index (κ1) is 21.7. The monoisotopic (exact) mass is 434 g/mol. The highest BCUT2D eigenvalue weighted by Crippen LogP contribution is 2.28. The highest BCUT2D eigenvalue weighted by molar-refractivity contribution is 7.11. The number of allylic oxidation sites excluding steroid dienone is 1. The molecule has 0 radical (unpaired) electrons. The van der Waals surface area contributed by atoms with Crippen LogP contribution in [0.4, 0.5) is 11.4 Å². The molecule has 0 atom stereocenters. The number of hydrogen-bond acceptors (Lipinski definition) is 8.